The van der Waals surface area contributed by atoms with Gasteiger partial charge in [0.2, 0.25) is 0 Å². The van der Waals surface area contributed by atoms with Gasteiger partial charge in [-0.3, -0.25) is 0 Å². The summed E-state index contributed by atoms with van der Waals surface area (Å²) in [4.78, 5) is 0. The number of hydrogen-bond acceptors (Lipinski definition) is 1. The monoisotopic (exact) mass is 265 g/mol. The summed E-state index contributed by atoms with van der Waals surface area (Å²) in [6, 6.07) is 16.0. The molecule has 104 valence electrons. The van der Waals surface area contributed by atoms with Crippen LogP contribution in [0.15, 0.2) is 42.5 Å². The van der Waals surface area contributed by atoms with Gasteiger partial charge in [0.1, 0.15) is 0 Å². The number of benzene rings is 2. The molecule has 0 saturated carbocycles. The highest BCUT2D eigenvalue weighted by molar-refractivity contribution is 5.35. The van der Waals surface area contributed by atoms with Gasteiger partial charge in [0.25, 0.3) is 0 Å². The molecule has 1 aliphatic rings. The molecular formula is C19H23N. The maximum Gasteiger partial charge on any atom is 0.0326 e. The van der Waals surface area contributed by atoms with Crippen molar-refractivity contribution in [1.82, 2.24) is 5.32 Å². The van der Waals surface area contributed by atoms with Gasteiger partial charge in [-0.1, -0.05) is 42.5 Å². The molecule has 0 fully saturated rings. The Balaban J connectivity index is 1.77. The molecule has 20 heavy (non-hydrogen) atoms. The average Bonchev–Trinajstić information content (AvgIpc) is 2.47. The van der Waals surface area contributed by atoms with E-state index in [9.17, 15) is 0 Å². The molecule has 1 N–H and O–H groups in total. The average molecular weight is 265 g/mol. The zero-order valence-electron chi connectivity index (χ0n) is 12.4. The van der Waals surface area contributed by atoms with Crippen molar-refractivity contribution in [3.05, 3.63) is 70.3 Å². The summed E-state index contributed by atoms with van der Waals surface area (Å²) in [5, 5.41) is 3.78. The van der Waals surface area contributed by atoms with E-state index in [0.717, 1.165) is 6.54 Å². The van der Waals surface area contributed by atoms with Crippen LogP contribution in [0.3, 0.4) is 0 Å². The van der Waals surface area contributed by atoms with Gasteiger partial charge in [-0.25, -0.2) is 0 Å². The summed E-state index contributed by atoms with van der Waals surface area (Å²) >= 11 is 0. The lowest BCUT2D eigenvalue weighted by Crippen LogP contribution is -2.25. The minimum absolute atomic E-state index is 0.513. The third-order valence-corrected chi connectivity index (χ3v) is 4.54. The van der Waals surface area contributed by atoms with Crippen LogP contribution in [0.2, 0.25) is 0 Å². The highest BCUT2D eigenvalue weighted by Gasteiger charge is 2.19. The van der Waals surface area contributed by atoms with Crippen LogP contribution in [0.25, 0.3) is 0 Å². The molecule has 0 amide bonds. The van der Waals surface area contributed by atoms with Crippen molar-refractivity contribution in [3.63, 3.8) is 0 Å². The van der Waals surface area contributed by atoms with Gasteiger partial charge in [-0.05, 0) is 60.9 Å². The third-order valence-electron chi connectivity index (χ3n) is 4.54. The van der Waals surface area contributed by atoms with Crippen molar-refractivity contribution >= 4 is 0 Å². The van der Waals surface area contributed by atoms with E-state index in [1.165, 1.54) is 47.1 Å². The molecule has 0 heterocycles. The van der Waals surface area contributed by atoms with Crippen LogP contribution in [0.1, 0.15) is 46.7 Å². The summed E-state index contributed by atoms with van der Waals surface area (Å²) in [6.45, 7) is 5.38. The molecule has 3 rings (SSSR count). The van der Waals surface area contributed by atoms with Gasteiger partial charge in [0, 0.05) is 12.6 Å². The highest BCUT2D eigenvalue weighted by Crippen LogP contribution is 2.30. The van der Waals surface area contributed by atoms with Crippen molar-refractivity contribution in [1.29, 1.82) is 0 Å². The standard InChI is InChI=1S/C19H23N/c1-14-7-5-8-15(2)18(14)13-20-19-12-6-10-16-9-3-4-11-17(16)19/h3-5,7-9,11,19-20H,6,10,12-13H2,1-2H3. The van der Waals surface area contributed by atoms with Crippen LogP contribution in [-0.4, -0.2) is 0 Å². The van der Waals surface area contributed by atoms with Crippen LogP contribution in [0.5, 0.6) is 0 Å². The second-order valence-electron chi connectivity index (χ2n) is 5.89. The van der Waals surface area contributed by atoms with Gasteiger partial charge in [0.15, 0.2) is 0 Å². The Morgan fingerprint density at radius 1 is 1.00 bits per heavy atom. The smallest absolute Gasteiger partial charge is 0.0326 e. The lowest BCUT2D eigenvalue weighted by molar-refractivity contribution is 0.458. The molecule has 1 nitrogen and oxygen atoms in total. The summed E-state index contributed by atoms with van der Waals surface area (Å²) in [5.41, 5.74) is 7.27. The second kappa shape index (κ2) is 5.80. The lowest BCUT2D eigenvalue weighted by Gasteiger charge is -2.27. The Hall–Kier alpha value is -1.60. The van der Waals surface area contributed by atoms with Crippen LogP contribution < -0.4 is 5.32 Å². The molecule has 2 aromatic rings. The van der Waals surface area contributed by atoms with E-state index in [1.54, 1.807) is 0 Å². The minimum Gasteiger partial charge on any atom is -0.306 e. The first-order valence-electron chi connectivity index (χ1n) is 7.62. The van der Waals surface area contributed by atoms with E-state index in [2.05, 4.69) is 61.6 Å². The Kier molecular flexibility index (Phi) is 3.88. The highest BCUT2D eigenvalue weighted by atomic mass is 14.9. The van der Waals surface area contributed by atoms with Crippen molar-refractivity contribution < 1.29 is 0 Å². The molecule has 0 bridgehead atoms. The van der Waals surface area contributed by atoms with E-state index < -0.39 is 0 Å². The van der Waals surface area contributed by atoms with Crippen molar-refractivity contribution in [2.45, 2.75) is 45.7 Å². The Morgan fingerprint density at radius 3 is 2.55 bits per heavy atom. The molecule has 0 radical (unpaired) electrons. The lowest BCUT2D eigenvalue weighted by atomic mass is 9.87. The van der Waals surface area contributed by atoms with Gasteiger partial charge < -0.3 is 5.32 Å². The van der Waals surface area contributed by atoms with E-state index in [-0.39, 0.29) is 0 Å². The Morgan fingerprint density at radius 2 is 1.75 bits per heavy atom. The molecule has 0 aromatic heterocycles. The van der Waals surface area contributed by atoms with Crippen molar-refractivity contribution in [3.8, 4) is 0 Å². The summed E-state index contributed by atoms with van der Waals surface area (Å²) in [7, 11) is 0. The van der Waals surface area contributed by atoms with Gasteiger partial charge in [0.05, 0.1) is 0 Å². The molecule has 2 aromatic carbocycles. The van der Waals surface area contributed by atoms with Crippen LogP contribution in [-0.2, 0) is 13.0 Å². The van der Waals surface area contributed by atoms with Crippen LogP contribution >= 0.6 is 0 Å². The van der Waals surface area contributed by atoms with Gasteiger partial charge in [-0.15, -0.1) is 0 Å². The molecule has 1 heteroatoms. The van der Waals surface area contributed by atoms with E-state index in [4.69, 9.17) is 0 Å². The summed E-state index contributed by atoms with van der Waals surface area (Å²) < 4.78 is 0. The fourth-order valence-corrected chi connectivity index (χ4v) is 3.32. The van der Waals surface area contributed by atoms with Gasteiger partial charge in [-0.2, -0.15) is 0 Å². The maximum atomic E-state index is 3.78. The molecule has 1 unspecified atom stereocenters. The molecule has 0 aliphatic heterocycles. The zero-order valence-corrected chi connectivity index (χ0v) is 12.4. The summed E-state index contributed by atoms with van der Waals surface area (Å²) in [6.07, 6.45) is 3.78. The topological polar surface area (TPSA) is 12.0 Å². The number of hydrogen-bond donors (Lipinski definition) is 1. The number of nitrogens with one attached hydrogen (secondary N) is 1. The quantitative estimate of drug-likeness (QED) is 0.863. The first kappa shape index (κ1) is 13.4. The first-order chi connectivity index (χ1) is 9.75. The number of rotatable bonds is 3. The third kappa shape index (κ3) is 2.64. The van der Waals surface area contributed by atoms with Gasteiger partial charge >= 0.3 is 0 Å². The van der Waals surface area contributed by atoms with E-state index in [0.29, 0.717) is 6.04 Å². The fraction of sp³-hybridized carbons (Fsp3) is 0.368. The normalized spacial score (nSPS) is 17.8. The van der Waals surface area contributed by atoms with E-state index >= 15 is 0 Å². The number of aryl methyl sites for hydroxylation is 3. The zero-order chi connectivity index (χ0) is 13.9. The molecule has 0 spiro atoms. The molecule has 1 atom stereocenters. The second-order valence-corrected chi connectivity index (χ2v) is 5.89. The predicted molar refractivity (Wildman–Crippen MR) is 84.9 cm³/mol. The summed E-state index contributed by atoms with van der Waals surface area (Å²) in [5.74, 6) is 0. The predicted octanol–water partition coefficient (Wildman–Crippen LogP) is 4.47. The maximum absolute atomic E-state index is 3.78. The first-order valence-corrected chi connectivity index (χ1v) is 7.62. The van der Waals surface area contributed by atoms with Crippen LogP contribution in [0.4, 0.5) is 0 Å². The Labute approximate surface area is 122 Å². The van der Waals surface area contributed by atoms with Crippen LogP contribution in [0, 0.1) is 13.8 Å². The Bertz CT molecular complexity index is 580. The van der Waals surface area contributed by atoms with Crippen molar-refractivity contribution in [2.75, 3.05) is 0 Å². The van der Waals surface area contributed by atoms with E-state index in [1.807, 2.05) is 0 Å². The molecular weight excluding hydrogens is 242 g/mol. The largest absolute Gasteiger partial charge is 0.306 e. The SMILES string of the molecule is Cc1cccc(C)c1CNC1CCCc2ccccc21. The fourth-order valence-electron chi connectivity index (χ4n) is 3.32. The minimum atomic E-state index is 0.513. The molecule has 0 saturated heterocycles. The number of fused-ring (bicyclic) bond motifs is 1. The van der Waals surface area contributed by atoms with Crippen molar-refractivity contribution in [2.24, 2.45) is 0 Å². The molecule has 1 aliphatic carbocycles.